The van der Waals surface area contributed by atoms with Crippen molar-refractivity contribution in [3.8, 4) is 6.07 Å². The molecule has 0 bridgehead atoms. The molecule has 3 nitrogen and oxygen atoms in total. The molecule has 0 rings (SSSR count). The van der Waals surface area contributed by atoms with Gasteiger partial charge in [0.1, 0.15) is 5.54 Å². The SMILES string of the molecule is CCCCCN(C)CCCC(C)(C#N)NC(C)C. The van der Waals surface area contributed by atoms with Crippen LogP contribution in [0.15, 0.2) is 0 Å². The fraction of sp³-hybridized carbons (Fsp3) is 0.933. The average Bonchev–Trinajstić information content (AvgIpc) is 2.28. The highest BCUT2D eigenvalue weighted by atomic mass is 15.1. The first-order valence-corrected chi connectivity index (χ1v) is 7.31. The summed E-state index contributed by atoms with van der Waals surface area (Å²) in [5.74, 6) is 0. The summed E-state index contributed by atoms with van der Waals surface area (Å²) in [5.41, 5.74) is -0.377. The van der Waals surface area contributed by atoms with Crippen molar-refractivity contribution in [1.29, 1.82) is 5.26 Å². The highest BCUT2D eigenvalue weighted by Gasteiger charge is 2.23. The third-order valence-corrected chi connectivity index (χ3v) is 3.21. The smallest absolute Gasteiger partial charge is 0.104 e. The van der Waals surface area contributed by atoms with Crippen LogP contribution in [0.2, 0.25) is 0 Å². The van der Waals surface area contributed by atoms with Gasteiger partial charge >= 0.3 is 0 Å². The fourth-order valence-electron chi connectivity index (χ4n) is 2.24. The zero-order valence-electron chi connectivity index (χ0n) is 12.9. The lowest BCUT2D eigenvalue weighted by Crippen LogP contribution is -2.45. The number of nitrogens with zero attached hydrogens (tertiary/aromatic N) is 2. The highest BCUT2D eigenvalue weighted by Crippen LogP contribution is 2.12. The van der Waals surface area contributed by atoms with Crippen LogP contribution in [0.3, 0.4) is 0 Å². The topological polar surface area (TPSA) is 39.1 Å². The van der Waals surface area contributed by atoms with Crippen molar-refractivity contribution in [3.05, 3.63) is 0 Å². The second kappa shape index (κ2) is 9.35. The second-order valence-electron chi connectivity index (χ2n) is 5.86. The molecule has 1 N–H and O–H groups in total. The van der Waals surface area contributed by atoms with Crippen LogP contribution in [0, 0.1) is 11.3 Å². The Balaban J connectivity index is 3.83. The quantitative estimate of drug-likeness (QED) is 0.608. The van der Waals surface area contributed by atoms with Crippen molar-refractivity contribution in [2.45, 2.75) is 71.4 Å². The lowest BCUT2D eigenvalue weighted by Gasteiger charge is -2.27. The van der Waals surface area contributed by atoms with E-state index < -0.39 is 0 Å². The van der Waals surface area contributed by atoms with E-state index in [-0.39, 0.29) is 5.54 Å². The van der Waals surface area contributed by atoms with E-state index in [1.54, 1.807) is 0 Å². The van der Waals surface area contributed by atoms with E-state index in [0.717, 1.165) is 19.4 Å². The molecule has 106 valence electrons. The molecule has 1 unspecified atom stereocenters. The minimum atomic E-state index is -0.377. The molecule has 0 aromatic carbocycles. The Labute approximate surface area is 114 Å². The van der Waals surface area contributed by atoms with Crippen LogP contribution in [0.1, 0.15) is 59.8 Å². The molecular weight excluding hydrogens is 222 g/mol. The Morgan fingerprint density at radius 2 is 1.83 bits per heavy atom. The summed E-state index contributed by atoms with van der Waals surface area (Å²) in [6.45, 7) is 10.7. The normalized spacial score (nSPS) is 14.8. The van der Waals surface area contributed by atoms with Gasteiger partial charge in [-0.1, -0.05) is 19.8 Å². The standard InChI is InChI=1S/C15H31N3/c1-6-7-8-11-18(5)12-9-10-15(4,13-16)17-14(2)3/h14,17H,6-12H2,1-5H3. The zero-order chi connectivity index (χ0) is 14.0. The minimum Gasteiger partial charge on any atom is -0.306 e. The summed E-state index contributed by atoms with van der Waals surface area (Å²) in [6.07, 6.45) is 5.87. The molecule has 0 aliphatic carbocycles. The van der Waals surface area contributed by atoms with E-state index in [9.17, 15) is 5.26 Å². The molecule has 18 heavy (non-hydrogen) atoms. The summed E-state index contributed by atoms with van der Waals surface area (Å²) in [5, 5.41) is 12.6. The van der Waals surface area contributed by atoms with E-state index in [1.165, 1.54) is 25.8 Å². The summed E-state index contributed by atoms with van der Waals surface area (Å²) >= 11 is 0. The Hall–Kier alpha value is -0.590. The van der Waals surface area contributed by atoms with E-state index in [4.69, 9.17) is 0 Å². The number of rotatable bonds is 10. The molecule has 3 heteroatoms. The molecule has 0 saturated carbocycles. The van der Waals surface area contributed by atoms with Gasteiger partial charge in [0.15, 0.2) is 0 Å². The summed E-state index contributed by atoms with van der Waals surface area (Å²) in [7, 11) is 2.18. The minimum absolute atomic E-state index is 0.358. The molecule has 0 aromatic rings. The lowest BCUT2D eigenvalue weighted by molar-refractivity contribution is 0.293. The number of nitriles is 1. The fourth-order valence-corrected chi connectivity index (χ4v) is 2.24. The van der Waals surface area contributed by atoms with Crippen molar-refractivity contribution in [1.82, 2.24) is 10.2 Å². The Morgan fingerprint density at radius 1 is 1.22 bits per heavy atom. The molecule has 0 radical (unpaired) electrons. The molecular formula is C15H31N3. The largest absolute Gasteiger partial charge is 0.306 e. The molecule has 1 atom stereocenters. The highest BCUT2D eigenvalue weighted by molar-refractivity contribution is 5.04. The van der Waals surface area contributed by atoms with Gasteiger partial charge in [0.2, 0.25) is 0 Å². The Kier molecular flexibility index (Phi) is 9.05. The van der Waals surface area contributed by atoms with Crippen molar-refractivity contribution < 1.29 is 0 Å². The van der Waals surface area contributed by atoms with Crippen LogP contribution < -0.4 is 5.32 Å². The van der Waals surface area contributed by atoms with Gasteiger partial charge in [-0.15, -0.1) is 0 Å². The van der Waals surface area contributed by atoms with Gasteiger partial charge in [0.25, 0.3) is 0 Å². The van der Waals surface area contributed by atoms with Crippen LogP contribution in [0.25, 0.3) is 0 Å². The van der Waals surface area contributed by atoms with Crippen molar-refractivity contribution in [2.75, 3.05) is 20.1 Å². The predicted octanol–water partition coefficient (Wildman–Crippen LogP) is 3.17. The zero-order valence-corrected chi connectivity index (χ0v) is 12.9. The Morgan fingerprint density at radius 3 is 2.33 bits per heavy atom. The molecule has 0 saturated heterocycles. The van der Waals surface area contributed by atoms with E-state index >= 15 is 0 Å². The number of nitrogens with one attached hydrogen (secondary N) is 1. The van der Waals surface area contributed by atoms with Gasteiger partial charge in [0.05, 0.1) is 6.07 Å². The van der Waals surface area contributed by atoms with E-state index in [2.05, 4.69) is 44.1 Å². The monoisotopic (exact) mass is 253 g/mol. The van der Waals surface area contributed by atoms with E-state index in [0.29, 0.717) is 6.04 Å². The first-order valence-electron chi connectivity index (χ1n) is 7.31. The lowest BCUT2D eigenvalue weighted by atomic mass is 9.96. The van der Waals surface area contributed by atoms with Gasteiger partial charge in [-0.2, -0.15) is 5.26 Å². The molecule has 0 amide bonds. The van der Waals surface area contributed by atoms with Crippen molar-refractivity contribution in [3.63, 3.8) is 0 Å². The van der Waals surface area contributed by atoms with Gasteiger partial charge in [-0.3, -0.25) is 5.32 Å². The van der Waals surface area contributed by atoms with Gasteiger partial charge < -0.3 is 4.90 Å². The van der Waals surface area contributed by atoms with Crippen LogP contribution in [0.5, 0.6) is 0 Å². The summed E-state index contributed by atoms with van der Waals surface area (Å²) in [4.78, 5) is 2.38. The predicted molar refractivity (Wildman–Crippen MR) is 78.5 cm³/mol. The molecule has 0 aliphatic rings. The van der Waals surface area contributed by atoms with Crippen LogP contribution in [-0.2, 0) is 0 Å². The molecule has 0 heterocycles. The maximum absolute atomic E-state index is 9.25. The Bertz CT molecular complexity index is 245. The molecule has 0 aliphatic heterocycles. The third kappa shape index (κ3) is 8.49. The van der Waals surface area contributed by atoms with Crippen molar-refractivity contribution in [2.24, 2.45) is 0 Å². The molecule has 0 fully saturated rings. The molecule has 0 spiro atoms. The number of hydrogen-bond donors (Lipinski definition) is 1. The second-order valence-corrected chi connectivity index (χ2v) is 5.86. The maximum Gasteiger partial charge on any atom is 0.104 e. The van der Waals surface area contributed by atoms with Gasteiger partial charge in [-0.05, 0) is 60.2 Å². The van der Waals surface area contributed by atoms with Crippen LogP contribution in [0.4, 0.5) is 0 Å². The number of unbranched alkanes of at least 4 members (excludes halogenated alkanes) is 2. The van der Waals surface area contributed by atoms with Crippen molar-refractivity contribution >= 4 is 0 Å². The summed E-state index contributed by atoms with van der Waals surface area (Å²) in [6, 6.07) is 2.76. The van der Waals surface area contributed by atoms with Gasteiger partial charge in [-0.25, -0.2) is 0 Å². The van der Waals surface area contributed by atoms with Crippen LogP contribution in [-0.4, -0.2) is 36.6 Å². The maximum atomic E-state index is 9.25. The number of hydrogen-bond acceptors (Lipinski definition) is 3. The first-order chi connectivity index (χ1) is 8.43. The van der Waals surface area contributed by atoms with Crippen LogP contribution >= 0.6 is 0 Å². The summed E-state index contributed by atoms with van der Waals surface area (Å²) < 4.78 is 0. The first kappa shape index (κ1) is 17.4. The molecule has 0 aromatic heterocycles. The average molecular weight is 253 g/mol. The third-order valence-electron chi connectivity index (χ3n) is 3.21. The van der Waals surface area contributed by atoms with Gasteiger partial charge in [0, 0.05) is 6.04 Å². The van der Waals surface area contributed by atoms with E-state index in [1.807, 2.05) is 6.92 Å².